The van der Waals surface area contributed by atoms with Gasteiger partial charge in [-0.15, -0.1) is 10.2 Å². The number of amides is 1. The molecule has 0 bridgehead atoms. The fourth-order valence-electron chi connectivity index (χ4n) is 1.28. The molecule has 10 heteroatoms. The first-order chi connectivity index (χ1) is 9.00. The summed E-state index contributed by atoms with van der Waals surface area (Å²) >= 11 is 0.935. The van der Waals surface area contributed by atoms with Crippen LogP contribution in [0.15, 0.2) is 17.6 Å². The van der Waals surface area contributed by atoms with Crippen molar-refractivity contribution >= 4 is 28.1 Å². The fourth-order valence-corrected chi connectivity index (χ4v) is 1.72. The molecule has 0 aliphatic carbocycles. The molecule has 2 aromatic rings. The molecular weight excluding hydrogens is 282 g/mol. The normalized spacial score (nSPS) is 10.2. The molecule has 0 aliphatic heterocycles. The van der Waals surface area contributed by atoms with Crippen molar-refractivity contribution in [3.05, 3.63) is 45.0 Å². The Morgan fingerprint density at radius 2 is 2.16 bits per heavy atom. The summed E-state index contributed by atoms with van der Waals surface area (Å²) in [6, 6.07) is 1.29. The number of rotatable bonds is 3. The van der Waals surface area contributed by atoms with E-state index in [1.165, 1.54) is 5.51 Å². The summed E-state index contributed by atoms with van der Waals surface area (Å²) < 4.78 is 27.1. The number of hydrogen-bond donors (Lipinski definition) is 1. The number of nitrogens with one attached hydrogen (secondary N) is 1. The van der Waals surface area contributed by atoms with Gasteiger partial charge in [-0.25, -0.2) is 4.39 Å². The highest BCUT2D eigenvalue weighted by atomic mass is 32.1. The Morgan fingerprint density at radius 1 is 1.42 bits per heavy atom. The van der Waals surface area contributed by atoms with Crippen LogP contribution in [-0.2, 0) is 0 Å². The Hall–Kier alpha value is -2.49. The molecule has 1 aromatic carbocycles. The lowest BCUT2D eigenvalue weighted by Crippen LogP contribution is -2.16. The topological polar surface area (TPSA) is 98.0 Å². The highest BCUT2D eigenvalue weighted by Gasteiger charge is 2.26. The summed E-state index contributed by atoms with van der Waals surface area (Å²) in [7, 11) is 0. The van der Waals surface area contributed by atoms with Gasteiger partial charge in [0.1, 0.15) is 16.9 Å². The van der Waals surface area contributed by atoms with Gasteiger partial charge in [0.05, 0.1) is 4.92 Å². The van der Waals surface area contributed by atoms with Crippen molar-refractivity contribution in [2.75, 3.05) is 5.32 Å². The molecule has 0 radical (unpaired) electrons. The van der Waals surface area contributed by atoms with E-state index >= 15 is 0 Å². The zero-order chi connectivity index (χ0) is 14.0. The SMILES string of the molecule is O=C(Nc1nncs1)c1c(F)ccc([N+](=O)[O-])c1F. The second-order valence-electron chi connectivity index (χ2n) is 3.21. The maximum atomic E-state index is 13.7. The summed E-state index contributed by atoms with van der Waals surface area (Å²) in [5.41, 5.74) is -0.719. The van der Waals surface area contributed by atoms with Crippen molar-refractivity contribution in [2.24, 2.45) is 0 Å². The number of aromatic nitrogens is 2. The number of anilines is 1. The summed E-state index contributed by atoms with van der Waals surface area (Å²) in [6.07, 6.45) is 0. The highest BCUT2D eigenvalue weighted by molar-refractivity contribution is 7.13. The van der Waals surface area contributed by atoms with E-state index in [1.807, 2.05) is 0 Å². The average molecular weight is 286 g/mol. The van der Waals surface area contributed by atoms with Gasteiger partial charge in [0.15, 0.2) is 0 Å². The summed E-state index contributed by atoms with van der Waals surface area (Å²) in [5.74, 6) is -3.91. The second kappa shape index (κ2) is 5.02. The van der Waals surface area contributed by atoms with Gasteiger partial charge in [0, 0.05) is 6.07 Å². The minimum Gasteiger partial charge on any atom is -0.296 e. The second-order valence-corrected chi connectivity index (χ2v) is 4.04. The minimum atomic E-state index is -1.54. The van der Waals surface area contributed by atoms with Gasteiger partial charge in [0.2, 0.25) is 10.9 Å². The summed E-state index contributed by atoms with van der Waals surface area (Å²) in [4.78, 5) is 21.1. The largest absolute Gasteiger partial charge is 0.305 e. The first-order valence-corrected chi connectivity index (χ1v) is 5.58. The molecule has 19 heavy (non-hydrogen) atoms. The number of hydrogen-bond acceptors (Lipinski definition) is 6. The van der Waals surface area contributed by atoms with Crippen molar-refractivity contribution in [1.82, 2.24) is 10.2 Å². The third-order valence-corrected chi connectivity index (χ3v) is 2.68. The molecule has 0 saturated heterocycles. The Morgan fingerprint density at radius 3 is 2.74 bits per heavy atom. The van der Waals surface area contributed by atoms with Crippen molar-refractivity contribution in [3.63, 3.8) is 0 Å². The van der Waals surface area contributed by atoms with Crippen LogP contribution >= 0.6 is 11.3 Å². The van der Waals surface area contributed by atoms with E-state index in [-0.39, 0.29) is 5.13 Å². The van der Waals surface area contributed by atoms with Crippen LogP contribution in [0.1, 0.15) is 10.4 Å². The van der Waals surface area contributed by atoms with Gasteiger partial charge in [0.25, 0.3) is 5.91 Å². The number of benzene rings is 1. The average Bonchev–Trinajstić information content (AvgIpc) is 2.81. The molecule has 0 atom stereocenters. The van der Waals surface area contributed by atoms with Gasteiger partial charge in [-0.2, -0.15) is 4.39 Å². The zero-order valence-corrected chi connectivity index (χ0v) is 9.78. The number of nitro groups is 1. The lowest BCUT2D eigenvalue weighted by molar-refractivity contribution is -0.387. The predicted molar refractivity (Wildman–Crippen MR) is 60.9 cm³/mol. The van der Waals surface area contributed by atoms with Crippen LogP contribution in [0, 0.1) is 21.7 Å². The van der Waals surface area contributed by atoms with E-state index in [4.69, 9.17) is 0 Å². The quantitative estimate of drug-likeness (QED) is 0.687. The molecular formula is C9H4F2N4O3S. The first-order valence-electron chi connectivity index (χ1n) is 4.70. The molecule has 1 amide bonds. The zero-order valence-electron chi connectivity index (χ0n) is 8.96. The predicted octanol–water partition coefficient (Wildman–Crippen LogP) is 1.98. The highest BCUT2D eigenvalue weighted by Crippen LogP contribution is 2.24. The van der Waals surface area contributed by atoms with E-state index in [9.17, 15) is 23.7 Å². The van der Waals surface area contributed by atoms with Gasteiger partial charge in [-0.1, -0.05) is 11.3 Å². The van der Waals surface area contributed by atoms with E-state index in [0.29, 0.717) is 12.1 Å². The third-order valence-electron chi connectivity index (χ3n) is 2.07. The molecule has 2 rings (SSSR count). The Bertz CT molecular complexity index is 647. The molecule has 0 spiro atoms. The van der Waals surface area contributed by atoms with E-state index in [2.05, 4.69) is 15.5 Å². The lowest BCUT2D eigenvalue weighted by atomic mass is 10.1. The molecule has 1 aromatic heterocycles. The molecule has 1 heterocycles. The number of carbonyl (C=O) groups is 1. The standard InChI is InChI=1S/C9H4F2N4O3S/c10-4-1-2-5(15(17)18)7(11)6(4)8(16)13-9-14-12-3-19-9/h1-3H,(H,13,14,16). The Kier molecular flexibility index (Phi) is 3.42. The first kappa shape index (κ1) is 13.0. The third kappa shape index (κ3) is 2.52. The molecule has 0 saturated carbocycles. The van der Waals surface area contributed by atoms with Crippen molar-refractivity contribution in [3.8, 4) is 0 Å². The molecule has 0 aliphatic rings. The van der Waals surface area contributed by atoms with Crippen LogP contribution < -0.4 is 5.32 Å². The van der Waals surface area contributed by atoms with Gasteiger partial charge < -0.3 is 0 Å². The van der Waals surface area contributed by atoms with Crippen molar-refractivity contribution < 1.29 is 18.5 Å². The smallest absolute Gasteiger partial charge is 0.296 e. The van der Waals surface area contributed by atoms with Gasteiger partial charge >= 0.3 is 5.69 Å². The molecule has 0 unspecified atom stereocenters. The summed E-state index contributed by atoms with van der Waals surface area (Å²) in [5, 5.41) is 19.5. The van der Waals surface area contributed by atoms with Crippen LogP contribution in [0.5, 0.6) is 0 Å². The van der Waals surface area contributed by atoms with Gasteiger partial charge in [-0.05, 0) is 6.07 Å². The van der Waals surface area contributed by atoms with Crippen LogP contribution in [-0.4, -0.2) is 21.0 Å². The lowest BCUT2D eigenvalue weighted by Gasteiger charge is -2.04. The molecule has 98 valence electrons. The molecule has 7 nitrogen and oxygen atoms in total. The van der Waals surface area contributed by atoms with E-state index in [0.717, 1.165) is 11.3 Å². The van der Waals surface area contributed by atoms with Crippen molar-refractivity contribution in [1.29, 1.82) is 0 Å². The van der Waals surface area contributed by atoms with Crippen LogP contribution in [0.4, 0.5) is 19.6 Å². The number of halogens is 2. The number of carbonyl (C=O) groups excluding carboxylic acids is 1. The van der Waals surface area contributed by atoms with Crippen LogP contribution in [0.2, 0.25) is 0 Å². The monoisotopic (exact) mass is 286 g/mol. The van der Waals surface area contributed by atoms with E-state index in [1.54, 1.807) is 0 Å². The Labute approximate surface area is 108 Å². The summed E-state index contributed by atoms with van der Waals surface area (Å²) in [6.45, 7) is 0. The number of nitro benzene ring substituents is 1. The maximum Gasteiger partial charge on any atom is 0.305 e. The molecule has 1 N–H and O–H groups in total. The minimum absolute atomic E-state index is 0.0234. The molecule has 0 fully saturated rings. The Balaban J connectivity index is 2.41. The maximum absolute atomic E-state index is 13.7. The van der Waals surface area contributed by atoms with Crippen molar-refractivity contribution in [2.45, 2.75) is 0 Å². The van der Waals surface area contributed by atoms with Crippen LogP contribution in [0.3, 0.4) is 0 Å². The fraction of sp³-hybridized carbons (Fsp3) is 0. The van der Waals surface area contributed by atoms with Gasteiger partial charge in [-0.3, -0.25) is 20.2 Å². The van der Waals surface area contributed by atoms with Crippen LogP contribution in [0.25, 0.3) is 0 Å². The van der Waals surface area contributed by atoms with E-state index < -0.39 is 33.7 Å². The number of nitrogens with zero attached hydrogens (tertiary/aromatic N) is 3.